The quantitative estimate of drug-likeness (QED) is 0.523. The molecular formula is C24H23N3O2S. The van der Waals surface area contributed by atoms with Crippen LogP contribution in [-0.2, 0) is 0 Å². The van der Waals surface area contributed by atoms with E-state index in [0.717, 1.165) is 16.7 Å². The summed E-state index contributed by atoms with van der Waals surface area (Å²) in [6.07, 6.45) is 0. The minimum absolute atomic E-state index is 0.118. The van der Waals surface area contributed by atoms with E-state index in [9.17, 15) is 9.59 Å². The molecule has 0 spiro atoms. The highest BCUT2D eigenvalue weighted by Crippen LogP contribution is 2.19. The van der Waals surface area contributed by atoms with Gasteiger partial charge in [-0.05, 0) is 80.5 Å². The van der Waals surface area contributed by atoms with Crippen molar-refractivity contribution in [3.63, 3.8) is 0 Å². The molecule has 6 heteroatoms. The molecule has 0 aromatic heterocycles. The van der Waals surface area contributed by atoms with Gasteiger partial charge in [0.15, 0.2) is 5.11 Å². The van der Waals surface area contributed by atoms with E-state index < -0.39 is 0 Å². The summed E-state index contributed by atoms with van der Waals surface area (Å²) in [5.41, 5.74) is 5.47. The topological polar surface area (TPSA) is 70.2 Å². The summed E-state index contributed by atoms with van der Waals surface area (Å²) in [6.45, 7) is 5.97. The second kappa shape index (κ2) is 9.33. The molecule has 5 nitrogen and oxygen atoms in total. The van der Waals surface area contributed by atoms with Gasteiger partial charge in [-0.2, -0.15) is 0 Å². The minimum atomic E-state index is -0.315. The van der Waals surface area contributed by atoms with Crippen molar-refractivity contribution in [2.24, 2.45) is 0 Å². The smallest absolute Gasteiger partial charge is 0.257 e. The Labute approximate surface area is 181 Å². The third-order valence-corrected chi connectivity index (χ3v) is 4.93. The Kier molecular flexibility index (Phi) is 6.59. The first kappa shape index (κ1) is 21.2. The number of thiocarbonyl (C=S) groups is 1. The second-order valence-electron chi connectivity index (χ2n) is 7.07. The van der Waals surface area contributed by atoms with Gasteiger partial charge in [-0.15, -0.1) is 0 Å². The fraction of sp³-hybridized carbons (Fsp3) is 0.125. The SMILES string of the molecule is Cc1ccc(C(=O)NC(=S)Nc2ccccc2C(=O)Nc2ccc(C)c(C)c2)cc1. The van der Waals surface area contributed by atoms with Gasteiger partial charge >= 0.3 is 0 Å². The first-order valence-electron chi connectivity index (χ1n) is 9.50. The Bertz CT molecular complexity index is 1110. The van der Waals surface area contributed by atoms with Crippen molar-refractivity contribution in [1.82, 2.24) is 5.32 Å². The predicted molar refractivity (Wildman–Crippen MR) is 125 cm³/mol. The van der Waals surface area contributed by atoms with Crippen LogP contribution in [0.1, 0.15) is 37.4 Å². The molecule has 0 fully saturated rings. The molecule has 0 bridgehead atoms. The number of carbonyl (C=O) groups excluding carboxylic acids is 2. The van der Waals surface area contributed by atoms with E-state index >= 15 is 0 Å². The highest BCUT2D eigenvalue weighted by molar-refractivity contribution is 7.80. The molecule has 3 aromatic carbocycles. The summed E-state index contributed by atoms with van der Waals surface area (Å²) in [5.74, 6) is -0.585. The average Bonchev–Trinajstić information content (AvgIpc) is 2.71. The Hall–Kier alpha value is -3.51. The van der Waals surface area contributed by atoms with Crippen molar-refractivity contribution < 1.29 is 9.59 Å². The van der Waals surface area contributed by atoms with Crippen molar-refractivity contribution in [2.45, 2.75) is 20.8 Å². The van der Waals surface area contributed by atoms with E-state index in [1.807, 2.05) is 51.1 Å². The highest BCUT2D eigenvalue weighted by atomic mass is 32.1. The maximum absolute atomic E-state index is 12.8. The number of aryl methyl sites for hydroxylation is 3. The van der Waals surface area contributed by atoms with E-state index in [2.05, 4.69) is 16.0 Å². The van der Waals surface area contributed by atoms with Crippen LogP contribution in [-0.4, -0.2) is 16.9 Å². The van der Waals surface area contributed by atoms with E-state index in [4.69, 9.17) is 12.2 Å². The highest BCUT2D eigenvalue weighted by Gasteiger charge is 2.14. The summed E-state index contributed by atoms with van der Waals surface area (Å²) in [6, 6.07) is 19.9. The molecule has 0 aliphatic rings. The first-order valence-corrected chi connectivity index (χ1v) is 9.91. The molecular weight excluding hydrogens is 394 g/mol. The molecule has 0 aliphatic heterocycles. The molecule has 3 N–H and O–H groups in total. The number of rotatable bonds is 4. The summed E-state index contributed by atoms with van der Waals surface area (Å²) in [5, 5.41) is 8.61. The van der Waals surface area contributed by atoms with Crippen LogP contribution in [0.25, 0.3) is 0 Å². The fourth-order valence-corrected chi connectivity index (χ4v) is 3.04. The lowest BCUT2D eigenvalue weighted by Gasteiger charge is -2.14. The zero-order chi connectivity index (χ0) is 21.7. The van der Waals surface area contributed by atoms with Gasteiger partial charge in [-0.1, -0.05) is 35.9 Å². The van der Waals surface area contributed by atoms with E-state index in [-0.39, 0.29) is 16.9 Å². The summed E-state index contributed by atoms with van der Waals surface area (Å²) in [4.78, 5) is 25.2. The maximum atomic E-state index is 12.8. The van der Waals surface area contributed by atoms with Crippen LogP contribution < -0.4 is 16.0 Å². The van der Waals surface area contributed by atoms with Crippen LogP contribution in [0, 0.1) is 20.8 Å². The van der Waals surface area contributed by atoms with E-state index in [0.29, 0.717) is 22.5 Å². The molecule has 0 heterocycles. The van der Waals surface area contributed by atoms with Gasteiger partial charge < -0.3 is 10.6 Å². The molecule has 3 aromatic rings. The summed E-state index contributed by atoms with van der Waals surface area (Å²) < 4.78 is 0. The maximum Gasteiger partial charge on any atom is 0.257 e. The van der Waals surface area contributed by atoms with Crippen molar-refractivity contribution in [3.8, 4) is 0 Å². The number of hydrogen-bond acceptors (Lipinski definition) is 3. The monoisotopic (exact) mass is 417 g/mol. The zero-order valence-electron chi connectivity index (χ0n) is 17.1. The van der Waals surface area contributed by atoms with Crippen LogP contribution in [0.3, 0.4) is 0 Å². The minimum Gasteiger partial charge on any atom is -0.332 e. The molecule has 152 valence electrons. The summed E-state index contributed by atoms with van der Waals surface area (Å²) >= 11 is 5.27. The number of benzene rings is 3. The lowest BCUT2D eigenvalue weighted by molar-refractivity contribution is 0.0976. The number of nitrogens with one attached hydrogen (secondary N) is 3. The molecule has 0 aliphatic carbocycles. The molecule has 0 unspecified atom stereocenters. The normalized spacial score (nSPS) is 10.2. The van der Waals surface area contributed by atoms with Crippen LogP contribution >= 0.6 is 12.2 Å². The first-order chi connectivity index (χ1) is 14.3. The number of hydrogen-bond donors (Lipinski definition) is 3. The van der Waals surface area contributed by atoms with Gasteiger partial charge in [0.1, 0.15) is 0 Å². The fourth-order valence-electron chi connectivity index (χ4n) is 2.84. The number of anilines is 2. The van der Waals surface area contributed by atoms with Gasteiger partial charge in [-0.3, -0.25) is 14.9 Å². The third kappa shape index (κ3) is 5.30. The molecule has 0 atom stereocenters. The number of amides is 2. The van der Waals surface area contributed by atoms with E-state index in [1.54, 1.807) is 36.4 Å². The summed E-state index contributed by atoms with van der Waals surface area (Å²) in [7, 11) is 0. The predicted octanol–water partition coefficient (Wildman–Crippen LogP) is 4.99. The van der Waals surface area contributed by atoms with Crippen LogP contribution in [0.15, 0.2) is 66.7 Å². The molecule has 3 rings (SSSR count). The van der Waals surface area contributed by atoms with Gasteiger partial charge in [0, 0.05) is 11.3 Å². The third-order valence-electron chi connectivity index (χ3n) is 4.73. The lowest BCUT2D eigenvalue weighted by Crippen LogP contribution is -2.34. The van der Waals surface area contributed by atoms with Gasteiger partial charge in [0.2, 0.25) is 0 Å². The van der Waals surface area contributed by atoms with Crippen LogP contribution in [0.2, 0.25) is 0 Å². The van der Waals surface area contributed by atoms with Crippen LogP contribution in [0.5, 0.6) is 0 Å². The molecule has 0 radical (unpaired) electrons. The Morgan fingerprint density at radius 1 is 0.767 bits per heavy atom. The Morgan fingerprint density at radius 3 is 2.17 bits per heavy atom. The Balaban J connectivity index is 1.70. The molecule has 30 heavy (non-hydrogen) atoms. The average molecular weight is 418 g/mol. The number of carbonyl (C=O) groups is 2. The second-order valence-corrected chi connectivity index (χ2v) is 7.48. The lowest BCUT2D eigenvalue weighted by atomic mass is 10.1. The number of para-hydroxylation sites is 1. The van der Waals surface area contributed by atoms with Crippen molar-refractivity contribution >= 4 is 40.5 Å². The van der Waals surface area contributed by atoms with Crippen molar-refractivity contribution in [1.29, 1.82) is 0 Å². The molecule has 0 saturated heterocycles. The van der Waals surface area contributed by atoms with Crippen molar-refractivity contribution in [2.75, 3.05) is 10.6 Å². The van der Waals surface area contributed by atoms with E-state index in [1.165, 1.54) is 0 Å². The largest absolute Gasteiger partial charge is 0.332 e. The Morgan fingerprint density at radius 2 is 1.47 bits per heavy atom. The standard InChI is InChI=1S/C24H23N3O2S/c1-15-8-11-18(12-9-15)22(28)27-24(30)26-21-7-5-4-6-20(21)23(29)25-19-13-10-16(2)17(3)14-19/h4-14H,1-3H3,(H,25,29)(H2,26,27,28,30). The molecule has 2 amide bonds. The molecule has 0 saturated carbocycles. The van der Waals surface area contributed by atoms with Gasteiger partial charge in [0.05, 0.1) is 11.3 Å². The van der Waals surface area contributed by atoms with Gasteiger partial charge in [0.25, 0.3) is 11.8 Å². The van der Waals surface area contributed by atoms with Gasteiger partial charge in [-0.25, -0.2) is 0 Å². The van der Waals surface area contributed by atoms with Crippen molar-refractivity contribution in [3.05, 3.63) is 94.5 Å². The van der Waals surface area contributed by atoms with Crippen LogP contribution in [0.4, 0.5) is 11.4 Å². The zero-order valence-corrected chi connectivity index (χ0v) is 17.9.